The van der Waals surface area contributed by atoms with Gasteiger partial charge in [0.05, 0.1) is 27.0 Å². The van der Waals surface area contributed by atoms with Crippen molar-refractivity contribution in [3.63, 3.8) is 0 Å². The minimum atomic E-state index is -3.86. The molecule has 2 aromatic carbocycles. The second-order valence-corrected chi connectivity index (χ2v) is 10.5. The van der Waals surface area contributed by atoms with E-state index in [0.717, 1.165) is 25.7 Å². The van der Waals surface area contributed by atoms with Gasteiger partial charge in [-0.1, -0.05) is 48.2 Å². The van der Waals surface area contributed by atoms with Crippen LogP contribution < -0.4 is 10.5 Å². The number of halogens is 2. The lowest BCUT2D eigenvalue weighted by Crippen LogP contribution is -2.13. The maximum atomic E-state index is 12.8. The van der Waals surface area contributed by atoms with E-state index in [9.17, 15) is 8.42 Å². The number of fused-ring (bicyclic) bond motifs is 1. The summed E-state index contributed by atoms with van der Waals surface area (Å²) in [6, 6.07) is 11.3. The van der Waals surface area contributed by atoms with E-state index in [4.69, 9.17) is 34.0 Å². The first-order valence-electron chi connectivity index (χ1n) is 10.4. The molecule has 1 fully saturated rings. The predicted octanol–water partition coefficient (Wildman–Crippen LogP) is 5.30. The molecule has 3 N–H and O–H groups in total. The number of hydrogen-bond acceptors (Lipinski definition) is 6. The van der Waals surface area contributed by atoms with Crippen molar-refractivity contribution in [1.29, 1.82) is 0 Å². The predicted molar refractivity (Wildman–Crippen MR) is 130 cm³/mol. The molecule has 33 heavy (non-hydrogen) atoms. The minimum Gasteiger partial charge on any atom is -0.383 e. The summed E-state index contributed by atoms with van der Waals surface area (Å²) in [5, 5.41) is 6.03. The van der Waals surface area contributed by atoms with Gasteiger partial charge in [0.25, 0.3) is 10.0 Å². The number of nitrogens with one attached hydrogen (secondary N) is 1. The van der Waals surface area contributed by atoms with Gasteiger partial charge in [-0.3, -0.25) is 4.72 Å². The Morgan fingerprint density at radius 2 is 1.85 bits per heavy atom. The smallest absolute Gasteiger partial charge is 0.261 e. The van der Waals surface area contributed by atoms with Crippen LogP contribution in [0.15, 0.2) is 53.7 Å². The van der Waals surface area contributed by atoms with Crippen molar-refractivity contribution in [3.8, 4) is 11.3 Å². The van der Waals surface area contributed by atoms with Gasteiger partial charge < -0.3 is 5.73 Å². The lowest BCUT2D eigenvalue weighted by molar-refractivity contribution is 0.479. The van der Waals surface area contributed by atoms with E-state index in [1.165, 1.54) is 18.5 Å². The number of rotatable bonds is 5. The molecule has 0 unspecified atom stereocenters. The summed E-state index contributed by atoms with van der Waals surface area (Å²) in [5.41, 5.74) is 8.42. The number of hydrogen-bond donors (Lipinski definition) is 2. The Balaban J connectivity index is 1.54. The van der Waals surface area contributed by atoms with Crippen molar-refractivity contribution in [3.05, 3.63) is 58.8 Å². The molecule has 8 nitrogen and oxygen atoms in total. The van der Waals surface area contributed by atoms with Gasteiger partial charge in [-0.15, -0.1) is 0 Å². The monoisotopic (exact) mass is 502 g/mol. The summed E-state index contributed by atoms with van der Waals surface area (Å²) < 4.78 is 30.0. The molecule has 0 atom stereocenters. The van der Waals surface area contributed by atoms with Crippen molar-refractivity contribution in [2.24, 2.45) is 0 Å². The highest BCUT2D eigenvalue weighted by atomic mass is 35.5. The largest absolute Gasteiger partial charge is 0.383 e. The number of benzene rings is 2. The van der Waals surface area contributed by atoms with Crippen molar-refractivity contribution in [2.45, 2.75) is 36.6 Å². The Morgan fingerprint density at radius 1 is 1.06 bits per heavy atom. The minimum absolute atomic E-state index is 0.0429. The summed E-state index contributed by atoms with van der Waals surface area (Å²) >= 11 is 12.4. The summed E-state index contributed by atoms with van der Waals surface area (Å²) in [4.78, 5) is 8.62. The van der Waals surface area contributed by atoms with Gasteiger partial charge in [0.15, 0.2) is 5.65 Å². The second kappa shape index (κ2) is 8.48. The number of nitrogens with two attached hydrogens (primary N) is 1. The third-order valence-electron chi connectivity index (χ3n) is 5.78. The molecule has 1 aliphatic rings. The molecule has 2 heterocycles. The molecule has 2 aromatic heterocycles. The fourth-order valence-corrected chi connectivity index (χ4v) is 5.85. The van der Waals surface area contributed by atoms with Crippen LogP contribution in [0.2, 0.25) is 10.0 Å². The van der Waals surface area contributed by atoms with Gasteiger partial charge in [-0.25, -0.2) is 23.1 Å². The highest BCUT2D eigenvalue weighted by Gasteiger charge is 2.25. The number of aromatic nitrogens is 4. The van der Waals surface area contributed by atoms with E-state index in [1.54, 1.807) is 30.3 Å². The van der Waals surface area contributed by atoms with Gasteiger partial charge in [-0.2, -0.15) is 5.10 Å². The molecule has 4 aromatic rings. The van der Waals surface area contributed by atoms with E-state index in [0.29, 0.717) is 33.1 Å². The molecule has 0 bridgehead atoms. The lowest BCUT2D eigenvalue weighted by Gasteiger charge is -2.11. The Labute approximate surface area is 200 Å². The number of nitrogens with zero attached hydrogens (tertiary/aromatic N) is 4. The van der Waals surface area contributed by atoms with Crippen LogP contribution >= 0.6 is 23.2 Å². The van der Waals surface area contributed by atoms with Gasteiger partial charge in [0.2, 0.25) is 0 Å². The van der Waals surface area contributed by atoms with Crippen molar-refractivity contribution >= 4 is 55.8 Å². The zero-order chi connectivity index (χ0) is 23.2. The van der Waals surface area contributed by atoms with Gasteiger partial charge in [0.1, 0.15) is 17.8 Å². The summed E-state index contributed by atoms with van der Waals surface area (Å²) in [6.07, 6.45) is 5.80. The van der Waals surface area contributed by atoms with Crippen LogP contribution in [0.1, 0.15) is 31.7 Å². The van der Waals surface area contributed by atoms with Crippen LogP contribution in [-0.2, 0) is 10.0 Å². The Kier molecular flexibility index (Phi) is 5.64. The van der Waals surface area contributed by atoms with Crippen molar-refractivity contribution in [1.82, 2.24) is 19.7 Å². The van der Waals surface area contributed by atoms with E-state index in [2.05, 4.69) is 14.7 Å². The first-order chi connectivity index (χ1) is 15.8. The number of anilines is 2. The highest BCUT2D eigenvalue weighted by molar-refractivity contribution is 7.92. The van der Waals surface area contributed by atoms with Crippen molar-refractivity contribution in [2.75, 3.05) is 10.5 Å². The summed E-state index contributed by atoms with van der Waals surface area (Å²) in [5.74, 6) is 0.334. The lowest BCUT2D eigenvalue weighted by atomic mass is 10.1. The number of nitrogen functional groups attached to an aromatic ring is 1. The number of sulfonamides is 1. The van der Waals surface area contributed by atoms with Crippen LogP contribution in [0.4, 0.5) is 11.5 Å². The molecular formula is C22H20Cl2N6O2S. The molecule has 0 radical (unpaired) electrons. The van der Waals surface area contributed by atoms with Gasteiger partial charge in [-0.05, 0) is 43.2 Å². The molecule has 0 saturated heterocycles. The van der Waals surface area contributed by atoms with Crippen LogP contribution in [0.5, 0.6) is 0 Å². The molecule has 1 saturated carbocycles. The Hall–Kier alpha value is -2.88. The zero-order valence-electron chi connectivity index (χ0n) is 17.4. The van der Waals surface area contributed by atoms with Crippen molar-refractivity contribution < 1.29 is 8.42 Å². The third-order valence-corrected chi connectivity index (χ3v) is 7.69. The van der Waals surface area contributed by atoms with E-state index < -0.39 is 10.0 Å². The Bertz CT molecular complexity index is 1470. The van der Waals surface area contributed by atoms with Crippen LogP contribution in [0.3, 0.4) is 0 Å². The van der Waals surface area contributed by atoms with E-state index >= 15 is 0 Å². The third kappa shape index (κ3) is 4.12. The zero-order valence-corrected chi connectivity index (χ0v) is 19.7. The average Bonchev–Trinajstić information content (AvgIpc) is 3.44. The first kappa shape index (κ1) is 21.9. The average molecular weight is 503 g/mol. The Morgan fingerprint density at radius 3 is 2.58 bits per heavy atom. The molecule has 0 spiro atoms. The summed E-state index contributed by atoms with van der Waals surface area (Å²) in [7, 11) is -3.86. The quantitative estimate of drug-likeness (QED) is 0.382. The standard InChI is InChI=1S/C22H20Cl2N6O2S/c23-14-4-3-7-16(11-14)33(31,32)29-18-9-8-13(10-17(18)24)20-19-21(25)26-12-27-22(19)30(28-20)15-5-1-2-6-15/h3-4,7-12,15,29H,1-2,5-6H2,(H2,25,26,27). The van der Waals surface area contributed by atoms with Gasteiger partial charge in [0, 0.05) is 10.6 Å². The highest BCUT2D eigenvalue weighted by Crippen LogP contribution is 2.38. The molecule has 0 aliphatic heterocycles. The van der Waals surface area contributed by atoms with Gasteiger partial charge >= 0.3 is 0 Å². The molecule has 1 aliphatic carbocycles. The second-order valence-electron chi connectivity index (χ2n) is 7.95. The molecule has 0 amide bonds. The normalized spacial score (nSPS) is 14.7. The molecular weight excluding hydrogens is 483 g/mol. The van der Waals surface area contributed by atoms with E-state index in [1.807, 2.05) is 4.68 Å². The maximum Gasteiger partial charge on any atom is 0.261 e. The fraction of sp³-hybridized carbons (Fsp3) is 0.227. The molecule has 170 valence electrons. The van der Waals surface area contributed by atoms with E-state index in [-0.39, 0.29) is 21.6 Å². The first-order valence-corrected chi connectivity index (χ1v) is 12.6. The molecule has 5 rings (SSSR count). The van der Waals surface area contributed by atoms with Crippen LogP contribution in [0.25, 0.3) is 22.3 Å². The summed E-state index contributed by atoms with van der Waals surface area (Å²) in [6.45, 7) is 0. The van der Waals surface area contributed by atoms with Crippen LogP contribution in [-0.4, -0.2) is 28.2 Å². The molecule has 11 heteroatoms. The SMILES string of the molecule is Nc1ncnc2c1c(-c1ccc(NS(=O)(=O)c3cccc(Cl)c3)c(Cl)c1)nn2C1CCCC1. The maximum absolute atomic E-state index is 12.8. The topological polar surface area (TPSA) is 116 Å². The fourth-order valence-electron chi connectivity index (χ4n) is 4.18. The van der Waals surface area contributed by atoms with Crippen LogP contribution in [0, 0.1) is 0 Å².